The Hall–Kier alpha value is -1.60. The van der Waals surface area contributed by atoms with Crippen molar-refractivity contribution >= 4 is 16.8 Å². The highest BCUT2D eigenvalue weighted by Crippen LogP contribution is 2.23. The molecule has 1 fully saturated rings. The number of guanidine groups is 1. The van der Waals surface area contributed by atoms with Gasteiger partial charge in [0, 0.05) is 54.5 Å². The smallest absolute Gasteiger partial charge is 0.191 e. The third-order valence-electron chi connectivity index (χ3n) is 5.05. The molecule has 1 aliphatic carbocycles. The van der Waals surface area contributed by atoms with Crippen molar-refractivity contribution in [2.24, 2.45) is 4.99 Å². The van der Waals surface area contributed by atoms with Crippen LogP contribution in [0.25, 0.3) is 0 Å². The first-order valence-corrected chi connectivity index (χ1v) is 12.2. The average molecular weight is 424 g/mol. The fourth-order valence-corrected chi connectivity index (χ4v) is 4.91. The Labute approximate surface area is 178 Å². The van der Waals surface area contributed by atoms with Crippen LogP contribution in [0, 0.1) is 0 Å². The van der Waals surface area contributed by atoms with Crippen molar-refractivity contribution < 1.29 is 13.7 Å². The van der Waals surface area contributed by atoms with Crippen molar-refractivity contribution in [3.63, 3.8) is 0 Å². The second-order valence-corrected chi connectivity index (χ2v) is 9.34. The molecule has 3 unspecified atom stereocenters. The molecule has 0 aromatic heterocycles. The first kappa shape index (κ1) is 23.7. The normalized spacial score (nSPS) is 20.9. The average Bonchev–Trinajstić information content (AvgIpc) is 2.75. The van der Waals surface area contributed by atoms with E-state index >= 15 is 0 Å². The lowest BCUT2D eigenvalue weighted by Crippen LogP contribution is -2.46. The maximum Gasteiger partial charge on any atom is 0.191 e. The molecule has 1 aliphatic rings. The molecule has 0 aliphatic heterocycles. The van der Waals surface area contributed by atoms with Gasteiger partial charge in [-0.05, 0) is 43.9 Å². The van der Waals surface area contributed by atoms with E-state index in [1.54, 1.807) is 7.11 Å². The fraction of sp³-hybridized carbons (Fsp3) is 0.682. The lowest BCUT2D eigenvalue weighted by atomic mass is 9.95. The molecule has 6 nitrogen and oxygen atoms in total. The van der Waals surface area contributed by atoms with Crippen LogP contribution in [-0.2, 0) is 22.1 Å². The van der Waals surface area contributed by atoms with Gasteiger partial charge in [-0.3, -0.25) is 4.21 Å². The van der Waals surface area contributed by atoms with Crippen molar-refractivity contribution in [3.8, 4) is 5.75 Å². The number of nitrogens with zero attached hydrogens (tertiary/aromatic N) is 1. The SMILES string of the molecule is CCNC(=NCc1cccc(OCCCOC)c1)NC1CCCC(S(=O)CC)C1. The van der Waals surface area contributed by atoms with Crippen LogP contribution in [0.3, 0.4) is 0 Å². The Morgan fingerprint density at radius 1 is 1.28 bits per heavy atom. The van der Waals surface area contributed by atoms with Crippen LogP contribution in [0.5, 0.6) is 5.75 Å². The summed E-state index contributed by atoms with van der Waals surface area (Å²) in [7, 11) is 0.984. The van der Waals surface area contributed by atoms with Gasteiger partial charge in [0.25, 0.3) is 0 Å². The molecule has 0 radical (unpaired) electrons. The monoisotopic (exact) mass is 423 g/mol. The van der Waals surface area contributed by atoms with E-state index in [-0.39, 0.29) is 0 Å². The molecule has 1 saturated carbocycles. The minimum atomic E-state index is -0.715. The summed E-state index contributed by atoms with van der Waals surface area (Å²) in [5.41, 5.74) is 1.11. The van der Waals surface area contributed by atoms with Crippen LogP contribution in [0.4, 0.5) is 0 Å². The second kappa shape index (κ2) is 13.6. The van der Waals surface area contributed by atoms with E-state index in [1.165, 1.54) is 0 Å². The molecular formula is C22H37N3O3S. The zero-order valence-corrected chi connectivity index (χ0v) is 18.9. The maximum absolute atomic E-state index is 12.2. The molecule has 1 aromatic carbocycles. The second-order valence-electron chi connectivity index (χ2n) is 7.34. The highest BCUT2D eigenvalue weighted by Gasteiger charge is 2.26. The van der Waals surface area contributed by atoms with Crippen molar-refractivity contribution in [2.75, 3.05) is 32.6 Å². The van der Waals surface area contributed by atoms with Gasteiger partial charge in [-0.15, -0.1) is 0 Å². The number of benzene rings is 1. The predicted molar refractivity (Wildman–Crippen MR) is 121 cm³/mol. The highest BCUT2D eigenvalue weighted by atomic mass is 32.2. The molecule has 1 aromatic rings. The molecule has 3 atom stereocenters. The van der Waals surface area contributed by atoms with E-state index < -0.39 is 10.8 Å². The van der Waals surface area contributed by atoms with Gasteiger partial charge in [0.2, 0.25) is 0 Å². The van der Waals surface area contributed by atoms with Crippen molar-refractivity contribution in [2.45, 2.75) is 63.8 Å². The summed E-state index contributed by atoms with van der Waals surface area (Å²) < 4.78 is 23.0. The van der Waals surface area contributed by atoms with Crippen LogP contribution < -0.4 is 15.4 Å². The Bertz CT molecular complexity index is 654. The summed E-state index contributed by atoms with van der Waals surface area (Å²) in [6, 6.07) is 8.41. The van der Waals surface area contributed by atoms with Crippen LogP contribution in [-0.4, -0.2) is 54.1 Å². The van der Waals surface area contributed by atoms with E-state index in [1.807, 2.05) is 25.1 Å². The molecule has 0 saturated heterocycles. The van der Waals surface area contributed by atoms with Gasteiger partial charge in [-0.25, -0.2) is 4.99 Å². The quantitative estimate of drug-likeness (QED) is 0.325. The highest BCUT2D eigenvalue weighted by molar-refractivity contribution is 7.85. The van der Waals surface area contributed by atoms with E-state index in [0.29, 0.717) is 31.1 Å². The summed E-state index contributed by atoms with van der Waals surface area (Å²) in [5.74, 6) is 2.44. The van der Waals surface area contributed by atoms with Gasteiger partial charge in [-0.1, -0.05) is 25.5 Å². The van der Waals surface area contributed by atoms with E-state index in [0.717, 1.165) is 61.7 Å². The molecule has 2 rings (SSSR count). The largest absolute Gasteiger partial charge is 0.493 e. The minimum Gasteiger partial charge on any atom is -0.493 e. The van der Waals surface area contributed by atoms with E-state index in [2.05, 4.69) is 23.6 Å². The van der Waals surface area contributed by atoms with Crippen molar-refractivity contribution in [3.05, 3.63) is 29.8 Å². The molecular weight excluding hydrogens is 386 g/mol. The minimum absolute atomic E-state index is 0.307. The van der Waals surface area contributed by atoms with Crippen molar-refractivity contribution in [1.29, 1.82) is 0 Å². The lowest BCUT2D eigenvalue weighted by Gasteiger charge is -2.30. The standard InChI is InChI=1S/C22H37N3O3S/c1-4-23-22(25-19-10-7-12-21(16-19)29(26)5-2)24-17-18-9-6-11-20(15-18)28-14-8-13-27-3/h6,9,11,15,19,21H,4-5,7-8,10,12-14,16-17H2,1-3H3,(H2,23,24,25). The Kier molecular flexibility index (Phi) is 11.1. The number of methoxy groups -OCH3 is 1. The summed E-state index contributed by atoms with van der Waals surface area (Å²) >= 11 is 0. The predicted octanol–water partition coefficient (Wildman–Crippen LogP) is 3.24. The summed E-state index contributed by atoms with van der Waals surface area (Å²) in [6.45, 7) is 6.82. The molecule has 0 bridgehead atoms. The van der Waals surface area contributed by atoms with Gasteiger partial charge in [0.05, 0.1) is 13.2 Å². The molecule has 29 heavy (non-hydrogen) atoms. The molecule has 2 N–H and O–H groups in total. The molecule has 7 heteroatoms. The van der Waals surface area contributed by atoms with Crippen molar-refractivity contribution in [1.82, 2.24) is 10.6 Å². The fourth-order valence-electron chi connectivity index (χ4n) is 3.56. The Morgan fingerprint density at radius 2 is 2.14 bits per heavy atom. The summed E-state index contributed by atoms with van der Waals surface area (Å²) in [6.07, 6.45) is 5.13. The number of hydrogen-bond donors (Lipinski definition) is 2. The zero-order chi connectivity index (χ0) is 20.9. The maximum atomic E-state index is 12.2. The van der Waals surface area contributed by atoms with Gasteiger partial charge >= 0.3 is 0 Å². The van der Waals surface area contributed by atoms with Gasteiger partial charge in [0.1, 0.15) is 5.75 Å². The van der Waals surface area contributed by atoms with Gasteiger partial charge in [0.15, 0.2) is 5.96 Å². The van der Waals surface area contributed by atoms with Crippen LogP contribution in [0.15, 0.2) is 29.3 Å². The first-order chi connectivity index (χ1) is 14.2. The Balaban J connectivity index is 1.92. The lowest BCUT2D eigenvalue weighted by molar-refractivity contribution is 0.172. The number of aliphatic imine (C=N–C) groups is 1. The number of ether oxygens (including phenoxy) is 2. The summed E-state index contributed by atoms with van der Waals surface area (Å²) in [4.78, 5) is 4.76. The Morgan fingerprint density at radius 3 is 2.90 bits per heavy atom. The third kappa shape index (κ3) is 8.74. The van der Waals surface area contributed by atoms with Gasteiger partial charge < -0.3 is 20.1 Å². The van der Waals surface area contributed by atoms with E-state index in [9.17, 15) is 4.21 Å². The topological polar surface area (TPSA) is 72.0 Å². The van der Waals surface area contributed by atoms with Crippen LogP contribution >= 0.6 is 0 Å². The van der Waals surface area contributed by atoms with Gasteiger partial charge in [-0.2, -0.15) is 0 Å². The number of nitrogens with one attached hydrogen (secondary N) is 2. The number of hydrogen-bond acceptors (Lipinski definition) is 4. The molecule has 0 amide bonds. The third-order valence-corrected chi connectivity index (χ3v) is 6.79. The van der Waals surface area contributed by atoms with E-state index in [4.69, 9.17) is 14.5 Å². The van der Waals surface area contributed by atoms with Crippen LogP contribution in [0.2, 0.25) is 0 Å². The first-order valence-electron chi connectivity index (χ1n) is 10.8. The number of rotatable bonds is 11. The molecule has 0 heterocycles. The molecule has 164 valence electrons. The molecule has 0 spiro atoms. The summed E-state index contributed by atoms with van der Waals surface area (Å²) in [5, 5.41) is 7.20. The van der Waals surface area contributed by atoms with Crippen LogP contribution in [0.1, 0.15) is 51.5 Å². The zero-order valence-electron chi connectivity index (χ0n) is 18.1.